The van der Waals surface area contributed by atoms with Gasteiger partial charge in [-0.3, -0.25) is 9.69 Å². The van der Waals surface area contributed by atoms with Crippen LogP contribution in [0.1, 0.15) is 24.3 Å². The van der Waals surface area contributed by atoms with Gasteiger partial charge in [0.15, 0.2) is 0 Å². The van der Waals surface area contributed by atoms with Crippen LogP contribution in [-0.2, 0) is 11.3 Å². The number of ether oxygens (including phenoxy) is 2. The lowest BCUT2D eigenvalue weighted by Gasteiger charge is -2.31. The quantitative estimate of drug-likeness (QED) is 0.600. The van der Waals surface area contributed by atoms with E-state index >= 15 is 0 Å². The van der Waals surface area contributed by atoms with Crippen molar-refractivity contribution in [1.82, 2.24) is 15.0 Å². The summed E-state index contributed by atoms with van der Waals surface area (Å²) in [6.45, 7) is 4.05. The Labute approximate surface area is 187 Å². The van der Waals surface area contributed by atoms with Gasteiger partial charge in [0.25, 0.3) is 0 Å². The van der Waals surface area contributed by atoms with Crippen molar-refractivity contribution in [2.45, 2.75) is 26.3 Å². The Morgan fingerprint density at radius 2 is 2.06 bits per heavy atom. The summed E-state index contributed by atoms with van der Waals surface area (Å²) in [6.07, 6.45) is 1.75. The topological polar surface area (TPSA) is 89.7 Å². The van der Waals surface area contributed by atoms with Gasteiger partial charge in [0.2, 0.25) is 17.6 Å². The molecule has 32 heavy (non-hydrogen) atoms. The first kappa shape index (κ1) is 21.8. The molecule has 1 N–H and O–H groups in total. The largest absolute Gasteiger partial charge is 0.497 e. The van der Waals surface area contributed by atoms with Crippen molar-refractivity contribution in [2.75, 3.05) is 32.6 Å². The Balaban J connectivity index is 1.40. The number of hydrogen-bond acceptors (Lipinski definition) is 7. The highest BCUT2D eigenvalue weighted by Gasteiger charge is 2.27. The molecule has 168 valence electrons. The standard InChI is InChI=1S/C24H28N4O4/c1-16-7-4-5-9-19(16)23-26-22(32-27-23)15-28-12-6-8-17(14-28)24(29)25-20-13-18(30-2)10-11-21(20)31-3/h4-5,7,9-11,13,17H,6,8,12,14-15H2,1-3H3,(H,25,29). The minimum Gasteiger partial charge on any atom is -0.497 e. The number of carbonyl (C=O) groups is 1. The lowest BCUT2D eigenvalue weighted by atomic mass is 9.97. The van der Waals surface area contributed by atoms with E-state index in [9.17, 15) is 4.79 Å². The van der Waals surface area contributed by atoms with Gasteiger partial charge in [-0.1, -0.05) is 29.4 Å². The number of methoxy groups -OCH3 is 2. The van der Waals surface area contributed by atoms with Gasteiger partial charge in [-0.25, -0.2) is 0 Å². The first-order chi connectivity index (χ1) is 15.6. The minimum absolute atomic E-state index is 0.0348. The van der Waals surface area contributed by atoms with Crippen molar-refractivity contribution in [3.8, 4) is 22.9 Å². The summed E-state index contributed by atoms with van der Waals surface area (Å²) in [7, 11) is 3.17. The Kier molecular flexibility index (Phi) is 6.70. The fraction of sp³-hybridized carbons (Fsp3) is 0.375. The van der Waals surface area contributed by atoms with Crippen LogP contribution in [0.3, 0.4) is 0 Å². The molecule has 0 bridgehead atoms. The molecular weight excluding hydrogens is 408 g/mol. The molecule has 1 aromatic heterocycles. The van der Waals surface area contributed by atoms with Gasteiger partial charge in [-0.05, 0) is 44.0 Å². The molecule has 4 rings (SSSR count). The fourth-order valence-corrected chi connectivity index (χ4v) is 4.00. The average molecular weight is 437 g/mol. The number of anilines is 1. The summed E-state index contributed by atoms with van der Waals surface area (Å²) in [4.78, 5) is 19.7. The van der Waals surface area contributed by atoms with Gasteiger partial charge in [0.1, 0.15) is 11.5 Å². The third-order valence-corrected chi connectivity index (χ3v) is 5.75. The summed E-state index contributed by atoms with van der Waals surface area (Å²) in [5.41, 5.74) is 2.67. The molecule has 1 atom stereocenters. The van der Waals surface area contributed by atoms with E-state index in [2.05, 4.69) is 20.4 Å². The average Bonchev–Trinajstić information content (AvgIpc) is 3.27. The zero-order valence-corrected chi connectivity index (χ0v) is 18.6. The predicted octanol–water partition coefficient (Wildman–Crippen LogP) is 3.91. The van der Waals surface area contributed by atoms with E-state index in [0.29, 0.717) is 42.0 Å². The number of carbonyl (C=O) groups excluding carboxylic acids is 1. The van der Waals surface area contributed by atoms with E-state index in [0.717, 1.165) is 30.5 Å². The van der Waals surface area contributed by atoms with Crippen LogP contribution in [0.2, 0.25) is 0 Å². The maximum absolute atomic E-state index is 13.0. The van der Waals surface area contributed by atoms with Crippen LogP contribution in [0.4, 0.5) is 5.69 Å². The number of likely N-dealkylation sites (tertiary alicyclic amines) is 1. The second-order valence-corrected chi connectivity index (χ2v) is 7.96. The third kappa shape index (κ3) is 4.91. The van der Waals surface area contributed by atoms with Crippen LogP contribution >= 0.6 is 0 Å². The molecule has 8 heteroatoms. The number of nitrogens with one attached hydrogen (secondary N) is 1. The predicted molar refractivity (Wildman–Crippen MR) is 121 cm³/mol. The molecule has 1 unspecified atom stereocenters. The number of aromatic nitrogens is 2. The van der Waals surface area contributed by atoms with Crippen molar-refractivity contribution in [1.29, 1.82) is 0 Å². The van der Waals surface area contributed by atoms with Crippen molar-refractivity contribution in [2.24, 2.45) is 5.92 Å². The van der Waals surface area contributed by atoms with E-state index in [1.165, 1.54) is 0 Å². The van der Waals surface area contributed by atoms with Gasteiger partial charge < -0.3 is 19.3 Å². The SMILES string of the molecule is COc1ccc(OC)c(NC(=O)C2CCCN(Cc3nc(-c4ccccc4C)no3)C2)c1. The molecule has 2 aromatic carbocycles. The van der Waals surface area contributed by atoms with Gasteiger partial charge in [-0.2, -0.15) is 4.98 Å². The van der Waals surface area contributed by atoms with E-state index in [1.807, 2.05) is 31.2 Å². The van der Waals surface area contributed by atoms with Gasteiger partial charge in [-0.15, -0.1) is 0 Å². The Bertz CT molecular complexity index is 1080. The smallest absolute Gasteiger partial charge is 0.241 e. The Hall–Kier alpha value is -3.39. The number of piperidine rings is 1. The molecule has 1 aliphatic rings. The summed E-state index contributed by atoms with van der Waals surface area (Å²) >= 11 is 0. The van der Waals surface area contributed by atoms with Gasteiger partial charge in [0, 0.05) is 18.2 Å². The normalized spacial score (nSPS) is 16.5. The van der Waals surface area contributed by atoms with Crippen molar-refractivity contribution in [3.63, 3.8) is 0 Å². The second-order valence-electron chi connectivity index (χ2n) is 7.96. The van der Waals surface area contributed by atoms with Crippen LogP contribution in [0.15, 0.2) is 47.0 Å². The minimum atomic E-state index is -0.140. The maximum Gasteiger partial charge on any atom is 0.241 e. The summed E-state index contributed by atoms with van der Waals surface area (Å²) < 4.78 is 16.1. The monoisotopic (exact) mass is 436 g/mol. The summed E-state index contributed by atoms with van der Waals surface area (Å²) in [5.74, 6) is 2.23. The lowest BCUT2D eigenvalue weighted by Crippen LogP contribution is -2.40. The zero-order chi connectivity index (χ0) is 22.5. The molecule has 0 radical (unpaired) electrons. The number of benzene rings is 2. The van der Waals surface area contributed by atoms with E-state index in [-0.39, 0.29) is 11.8 Å². The Morgan fingerprint density at radius 3 is 2.84 bits per heavy atom. The number of aryl methyl sites for hydroxylation is 1. The summed E-state index contributed by atoms with van der Waals surface area (Å²) in [5, 5.41) is 7.14. The van der Waals surface area contributed by atoms with Crippen LogP contribution in [0.5, 0.6) is 11.5 Å². The molecule has 1 amide bonds. The van der Waals surface area contributed by atoms with Crippen LogP contribution < -0.4 is 14.8 Å². The molecule has 1 fully saturated rings. The number of nitrogens with zero attached hydrogens (tertiary/aromatic N) is 3. The first-order valence-corrected chi connectivity index (χ1v) is 10.7. The highest BCUT2D eigenvalue weighted by atomic mass is 16.5. The van der Waals surface area contributed by atoms with Crippen LogP contribution in [0.25, 0.3) is 11.4 Å². The molecular formula is C24H28N4O4. The van der Waals surface area contributed by atoms with Crippen molar-refractivity contribution >= 4 is 11.6 Å². The number of amides is 1. The zero-order valence-electron chi connectivity index (χ0n) is 18.6. The van der Waals surface area contributed by atoms with Crippen LogP contribution in [0, 0.1) is 12.8 Å². The maximum atomic E-state index is 13.0. The van der Waals surface area contributed by atoms with Crippen molar-refractivity contribution < 1.29 is 18.8 Å². The van der Waals surface area contributed by atoms with E-state index in [1.54, 1.807) is 32.4 Å². The molecule has 8 nitrogen and oxygen atoms in total. The first-order valence-electron chi connectivity index (χ1n) is 10.7. The fourth-order valence-electron chi connectivity index (χ4n) is 4.00. The highest BCUT2D eigenvalue weighted by molar-refractivity contribution is 5.94. The van der Waals surface area contributed by atoms with Crippen LogP contribution in [-0.4, -0.2) is 48.3 Å². The number of rotatable bonds is 7. The van der Waals surface area contributed by atoms with Gasteiger partial charge in [0.05, 0.1) is 32.4 Å². The van der Waals surface area contributed by atoms with Crippen molar-refractivity contribution in [3.05, 3.63) is 53.9 Å². The molecule has 0 spiro atoms. The lowest BCUT2D eigenvalue weighted by molar-refractivity contribution is -0.121. The Morgan fingerprint density at radius 1 is 1.22 bits per heavy atom. The van der Waals surface area contributed by atoms with Gasteiger partial charge >= 0.3 is 0 Å². The molecule has 0 aliphatic carbocycles. The number of hydrogen-bond donors (Lipinski definition) is 1. The second kappa shape index (κ2) is 9.82. The molecule has 3 aromatic rings. The van der Waals surface area contributed by atoms with E-state index in [4.69, 9.17) is 14.0 Å². The third-order valence-electron chi connectivity index (χ3n) is 5.75. The van der Waals surface area contributed by atoms with E-state index < -0.39 is 0 Å². The molecule has 1 aliphatic heterocycles. The summed E-state index contributed by atoms with van der Waals surface area (Å²) in [6, 6.07) is 13.3. The molecule has 2 heterocycles. The molecule has 0 saturated carbocycles. The molecule has 1 saturated heterocycles. The highest BCUT2D eigenvalue weighted by Crippen LogP contribution is 2.30.